The quantitative estimate of drug-likeness (QED) is 0.878. The summed E-state index contributed by atoms with van der Waals surface area (Å²) in [6, 6.07) is 9.73. The Labute approximate surface area is 165 Å². The van der Waals surface area contributed by atoms with Crippen LogP contribution in [-0.4, -0.2) is 59.6 Å². The molecule has 7 nitrogen and oxygen atoms in total. The normalized spacial score (nSPS) is 14.0. The molecule has 1 aromatic heterocycles. The number of para-hydroxylation sites is 1. The van der Waals surface area contributed by atoms with Gasteiger partial charge in [0.25, 0.3) is 5.91 Å². The molecule has 7 heteroatoms. The molecule has 1 aromatic carbocycles. The standard InChI is InChI=1S/C21H26N4O3/c1-4-28-21(27)25-12-10-24(11-13-25)20(26)18-14-17(8-9-22-18)23-19-15(2)6-5-7-16(19)3/h5-9,14H,4,10-13H2,1-3H3,(H,22,23). The predicted molar refractivity (Wildman–Crippen MR) is 108 cm³/mol. The van der Waals surface area contributed by atoms with Crippen molar-refractivity contribution in [3.8, 4) is 0 Å². The summed E-state index contributed by atoms with van der Waals surface area (Å²) in [6.45, 7) is 8.08. The molecule has 0 bridgehead atoms. The largest absolute Gasteiger partial charge is 0.450 e. The monoisotopic (exact) mass is 382 g/mol. The lowest BCUT2D eigenvalue weighted by Crippen LogP contribution is -2.50. The van der Waals surface area contributed by atoms with Crippen LogP contribution in [0.1, 0.15) is 28.5 Å². The van der Waals surface area contributed by atoms with Crippen LogP contribution in [0.15, 0.2) is 36.5 Å². The SMILES string of the molecule is CCOC(=O)N1CCN(C(=O)c2cc(Nc3c(C)cccc3C)ccn2)CC1. The average Bonchev–Trinajstić information content (AvgIpc) is 2.71. The molecule has 2 heterocycles. The van der Waals surface area contributed by atoms with Crippen molar-refractivity contribution in [3.63, 3.8) is 0 Å². The van der Waals surface area contributed by atoms with Gasteiger partial charge in [-0.1, -0.05) is 18.2 Å². The van der Waals surface area contributed by atoms with E-state index in [1.165, 1.54) is 0 Å². The van der Waals surface area contributed by atoms with Crippen LogP contribution in [0.3, 0.4) is 0 Å². The summed E-state index contributed by atoms with van der Waals surface area (Å²) in [5.41, 5.74) is 4.52. The fourth-order valence-electron chi connectivity index (χ4n) is 3.25. The van der Waals surface area contributed by atoms with Crippen LogP contribution in [-0.2, 0) is 4.74 Å². The van der Waals surface area contributed by atoms with Gasteiger partial charge >= 0.3 is 6.09 Å². The van der Waals surface area contributed by atoms with E-state index in [1.807, 2.05) is 38.1 Å². The molecule has 0 spiro atoms. The van der Waals surface area contributed by atoms with Crippen molar-refractivity contribution in [3.05, 3.63) is 53.3 Å². The zero-order chi connectivity index (χ0) is 20.1. The van der Waals surface area contributed by atoms with Gasteiger partial charge in [-0.3, -0.25) is 9.78 Å². The Bertz CT molecular complexity index is 840. The second-order valence-corrected chi connectivity index (χ2v) is 6.80. The Morgan fingerprint density at radius 2 is 1.71 bits per heavy atom. The molecule has 2 aromatic rings. The molecule has 1 aliphatic heterocycles. The molecule has 3 rings (SSSR count). The molecular weight excluding hydrogens is 356 g/mol. The summed E-state index contributed by atoms with van der Waals surface area (Å²) in [5, 5.41) is 3.39. The number of aromatic nitrogens is 1. The zero-order valence-electron chi connectivity index (χ0n) is 16.6. The van der Waals surface area contributed by atoms with Gasteiger partial charge in [0.05, 0.1) is 6.61 Å². The minimum Gasteiger partial charge on any atom is -0.450 e. The fraction of sp³-hybridized carbons (Fsp3) is 0.381. The number of amides is 2. The number of aryl methyl sites for hydroxylation is 2. The van der Waals surface area contributed by atoms with Crippen molar-refractivity contribution in [1.82, 2.24) is 14.8 Å². The number of carbonyl (C=O) groups excluding carboxylic acids is 2. The Morgan fingerprint density at radius 3 is 2.36 bits per heavy atom. The van der Waals surface area contributed by atoms with Crippen molar-refractivity contribution < 1.29 is 14.3 Å². The number of piperazine rings is 1. The van der Waals surface area contributed by atoms with Gasteiger partial charge in [-0.15, -0.1) is 0 Å². The van der Waals surface area contributed by atoms with E-state index in [0.29, 0.717) is 38.5 Å². The first-order chi connectivity index (χ1) is 13.5. The summed E-state index contributed by atoms with van der Waals surface area (Å²) in [6.07, 6.45) is 1.31. The lowest BCUT2D eigenvalue weighted by atomic mass is 10.1. The molecule has 2 amide bonds. The summed E-state index contributed by atoms with van der Waals surface area (Å²) < 4.78 is 5.02. The molecule has 0 radical (unpaired) electrons. The lowest BCUT2D eigenvalue weighted by molar-refractivity contribution is 0.0566. The Morgan fingerprint density at radius 1 is 1.07 bits per heavy atom. The van der Waals surface area contributed by atoms with Gasteiger partial charge in [-0.05, 0) is 44.0 Å². The van der Waals surface area contributed by atoms with E-state index in [9.17, 15) is 9.59 Å². The highest BCUT2D eigenvalue weighted by Crippen LogP contribution is 2.24. The maximum Gasteiger partial charge on any atom is 0.409 e. The van der Waals surface area contributed by atoms with Crippen molar-refractivity contribution in [2.24, 2.45) is 0 Å². The van der Waals surface area contributed by atoms with E-state index in [1.54, 1.807) is 29.0 Å². The first kappa shape index (κ1) is 19.7. The fourth-order valence-corrected chi connectivity index (χ4v) is 3.25. The van der Waals surface area contributed by atoms with Crippen LogP contribution in [0, 0.1) is 13.8 Å². The summed E-state index contributed by atoms with van der Waals surface area (Å²) >= 11 is 0. The molecule has 1 aliphatic rings. The topological polar surface area (TPSA) is 74.8 Å². The molecule has 1 fully saturated rings. The van der Waals surface area contributed by atoms with Crippen molar-refractivity contribution in [2.75, 3.05) is 38.1 Å². The number of hydrogen-bond acceptors (Lipinski definition) is 5. The lowest BCUT2D eigenvalue weighted by Gasteiger charge is -2.33. The summed E-state index contributed by atoms with van der Waals surface area (Å²) in [5.74, 6) is -0.131. The number of hydrogen-bond donors (Lipinski definition) is 1. The highest BCUT2D eigenvalue weighted by molar-refractivity contribution is 5.93. The van der Waals surface area contributed by atoms with Crippen LogP contribution in [0.4, 0.5) is 16.2 Å². The zero-order valence-corrected chi connectivity index (χ0v) is 16.6. The smallest absolute Gasteiger partial charge is 0.409 e. The van der Waals surface area contributed by atoms with Crippen LogP contribution >= 0.6 is 0 Å². The Hall–Kier alpha value is -3.09. The van der Waals surface area contributed by atoms with Crippen LogP contribution < -0.4 is 5.32 Å². The first-order valence-corrected chi connectivity index (χ1v) is 9.50. The number of nitrogens with zero attached hydrogens (tertiary/aromatic N) is 3. The maximum absolute atomic E-state index is 12.8. The van der Waals surface area contributed by atoms with E-state index >= 15 is 0 Å². The molecule has 1 N–H and O–H groups in total. The summed E-state index contributed by atoms with van der Waals surface area (Å²) in [4.78, 5) is 32.2. The van der Waals surface area contributed by atoms with Gasteiger partial charge in [-0.25, -0.2) is 4.79 Å². The Balaban J connectivity index is 1.67. The van der Waals surface area contributed by atoms with Crippen molar-refractivity contribution in [2.45, 2.75) is 20.8 Å². The third-order valence-electron chi connectivity index (χ3n) is 4.82. The molecule has 0 atom stereocenters. The molecule has 0 aliphatic carbocycles. The van der Waals surface area contributed by atoms with E-state index < -0.39 is 0 Å². The average molecular weight is 382 g/mol. The third kappa shape index (κ3) is 4.42. The molecule has 0 saturated carbocycles. The number of rotatable bonds is 4. The van der Waals surface area contributed by atoms with Crippen molar-refractivity contribution >= 4 is 23.4 Å². The predicted octanol–water partition coefficient (Wildman–Crippen LogP) is 3.36. The van der Waals surface area contributed by atoms with Crippen LogP contribution in [0.25, 0.3) is 0 Å². The van der Waals surface area contributed by atoms with Gasteiger partial charge in [0.15, 0.2) is 0 Å². The van der Waals surface area contributed by atoms with Crippen LogP contribution in [0.5, 0.6) is 0 Å². The molecule has 1 saturated heterocycles. The maximum atomic E-state index is 12.8. The molecule has 0 unspecified atom stereocenters. The van der Waals surface area contributed by atoms with Gasteiger partial charge < -0.3 is 19.9 Å². The number of benzene rings is 1. The molecular formula is C21H26N4O3. The number of pyridine rings is 1. The van der Waals surface area contributed by atoms with Gasteiger partial charge in [0.2, 0.25) is 0 Å². The number of carbonyl (C=O) groups is 2. The third-order valence-corrected chi connectivity index (χ3v) is 4.82. The van der Waals surface area contributed by atoms with Gasteiger partial charge in [0, 0.05) is 43.8 Å². The summed E-state index contributed by atoms with van der Waals surface area (Å²) in [7, 11) is 0. The number of anilines is 2. The van der Waals surface area contributed by atoms with Gasteiger partial charge in [-0.2, -0.15) is 0 Å². The number of ether oxygens (including phenoxy) is 1. The highest BCUT2D eigenvalue weighted by Gasteiger charge is 2.26. The second kappa shape index (κ2) is 8.73. The Kier molecular flexibility index (Phi) is 6.13. The minimum absolute atomic E-state index is 0.131. The van der Waals surface area contributed by atoms with Crippen molar-refractivity contribution in [1.29, 1.82) is 0 Å². The van der Waals surface area contributed by atoms with E-state index in [2.05, 4.69) is 10.3 Å². The van der Waals surface area contributed by atoms with E-state index in [4.69, 9.17) is 4.74 Å². The minimum atomic E-state index is -0.326. The van der Waals surface area contributed by atoms with E-state index in [0.717, 1.165) is 22.5 Å². The number of nitrogens with one attached hydrogen (secondary N) is 1. The van der Waals surface area contributed by atoms with E-state index in [-0.39, 0.29) is 12.0 Å². The second-order valence-electron chi connectivity index (χ2n) is 6.80. The first-order valence-electron chi connectivity index (χ1n) is 9.50. The highest BCUT2D eigenvalue weighted by atomic mass is 16.6. The van der Waals surface area contributed by atoms with Crippen LogP contribution in [0.2, 0.25) is 0 Å². The molecule has 148 valence electrons. The molecule has 28 heavy (non-hydrogen) atoms. The van der Waals surface area contributed by atoms with Gasteiger partial charge in [0.1, 0.15) is 5.69 Å².